The molecule has 0 bridgehead atoms. The molecule has 1 aromatic carbocycles. The van der Waals surface area contributed by atoms with E-state index in [0.29, 0.717) is 9.13 Å². The monoisotopic (exact) mass is 412 g/mol. The highest BCUT2D eigenvalue weighted by Crippen LogP contribution is 2.45. The Bertz CT molecular complexity index is 1150. The molecule has 9 nitrogen and oxygen atoms in total. The Balaban J connectivity index is 2.29. The summed E-state index contributed by atoms with van der Waals surface area (Å²) >= 11 is 0. The van der Waals surface area contributed by atoms with Gasteiger partial charge in [0, 0.05) is 14.1 Å². The largest absolute Gasteiger partial charge is 0.496 e. The zero-order valence-electron chi connectivity index (χ0n) is 15.4. The van der Waals surface area contributed by atoms with E-state index >= 15 is 0 Å². The second-order valence-electron chi connectivity index (χ2n) is 6.29. The minimum Gasteiger partial charge on any atom is -0.496 e. The van der Waals surface area contributed by atoms with Crippen molar-refractivity contribution in [2.24, 2.45) is 14.1 Å². The lowest BCUT2D eigenvalue weighted by Crippen LogP contribution is -2.62. The molecular formula is C17H15F3N4O5. The number of hydrogen-bond acceptors (Lipinski definition) is 5. The molecule has 0 fully saturated rings. The Labute approximate surface area is 160 Å². The number of para-hydroxylation sites is 1. The predicted octanol–water partition coefficient (Wildman–Crippen LogP) is 0.232. The number of rotatable bonds is 3. The van der Waals surface area contributed by atoms with Crippen molar-refractivity contribution in [3.8, 4) is 5.75 Å². The Morgan fingerprint density at radius 1 is 1.14 bits per heavy atom. The molecule has 0 saturated heterocycles. The number of hydrogen-bond donors (Lipinski definition) is 2. The zero-order valence-corrected chi connectivity index (χ0v) is 15.4. The molecule has 2 amide bonds. The molecule has 0 saturated carbocycles. The Kier molecular flexibility index (Phi) is 4.52. The molecule has 0 unspecified atom stereocenters. The molecule has 12 heteroatoms. The van der Waals surface area contributed by atoms with Crippen LogP contribution in [0.2, 0.25) is 0 Å². The molecule has 0 radical (unpaired) electrons. The van der Waals surface area contributed by atoms with Crippen molar-refractivity contribution < 1.29 is 27.5 Å². The van der Waals surface area contributed by atoms with E-state index in [1.807, 2.05) is 5.32 Å². The van der Waals surface area contributed by atoms with E-state index in [1.54, 1.807) is 5.32 Å². The van der Waals surface area contributed by atoms with Crippen LogP contribution in [-0.4, -0.2) is 34.2 Å². The Morgan fingerprint density at radius 3 is 2.34 bits per heavy atom. The van der Waals surface area contributed by atoms with Gasteiger partial charge in [-0.1, -0.05) is 12.1 Å². The molecule has 1 aliphatic rings. The predicted molar refractivity (Wildman–Crippen MR) is 93.7 cm³/mol. The van der Waals surface area contributed by atoms with E-state index < -0.39 is 46.2 Å². The summed E-state index contributed by atoms with van der Waals surface area (Å²) in [4.78, 5) is 49.8. The lowest BCUT2D eigenvalue weighted by molar-refractivity contribution is -0.196. The molecule has 1 aromatic heterocycles. The molecule has 2 aromatic rings. The van der Waals surface area contributed by atoms with Crippen molar-refractivity contribution in [3.63, 3.8) is 0 Å². The third kappa shape index (κ3) is 2.70. The maximum absolute atomic E-state index is 14.2. The fourth-order valence-corrected chi connectivity index (χ4v) is 3.17. The molecule has 2 heterocycles. The van der Waals surface area contributed by atoms with Gasteiger partial charge in [-0.2, -0.15) is 13.2 Å². The van der Waals surface area contributed by atoms with Crippen LogP contribution in [0.3, 0.4) is 0 Å². The van der Waals surface area contributed by atoms with Crippen LogP contribution in [0.4, 0.5) is 19.0 Å². The van der Waals surface area contributed by atoms with Gasteiger partial charge in [0.15, 0.2) is 0 Å². The maximum Gasteiger partial charge on any atom is 0.425 e. The van der Waals surface area contributed by atoms with Crippen LogP contribution in [0.15, 0.2) is 33.9 Å². The number of fused-ring (bicyclic) bond motifs is 1. The SMILES string of the molecule is COc1ccccc1C(=O)N[C@]1(C(F)(F)F)C(=O)Nc2c1c(=O)n(C)c(=O)n2C. The molecule has 154 valence electrons. The fraction of sp³-hybridized carbons (Fsp3) is 0.294. The molecule has 0 spiro atoms. The van der Waals surface area contributed by atoms with Gasteiger partial charge in [-0.15, -0.1) is 0 Å². The minimum absolute atomic E-state index is 0.0330. The van der Waals surface area contributed by atoms with Gasteiger partial charge in [0.05, 0.1) is 12.7 Å². The van der Waals surface area contributed by atoms with Crippen molar-refractivity contribution >= 4 is 17.6 Å². The number of nitrogens with one attached hydrogen (secondary N) is 2. The first-order chi connectivity index (χ1) is 13.5. The van der Waals surface area contributed by atoms with E-state index in [9.17, 15) is 32.3 Å². The van der Waals surface area contributed by atoms with Gasteiger partial charge in [0.25, 0.3) is 22.9 Å². The number of halogens is 3. The van der Waals surface area contributed by atoms with Crippen LogP contribution in [0, 0.1) is 0 Å². The van der Waals surface area contributed by atoms with Crippen molar-refractivity contribution in [2.75, 3.05) is 12.4 Å². The van der Waals surface area contributed by atoms with Crippen molar-refractivity contribution in [1.29, 1.82) is 0 Å². The first-order valence-electron chi connectivity index (χ1n) is 8.11. The minimum atomic E-state index is -5.40. The van der Waals surface area contributed by atoms with Crippen LogP contribution >= 0.6 is 0 Å². The van der Waals surface area contributed by atoms with E-state index in [-0.39, 0.29) is 11.3 Å². The fourth-order valence-electron chi connectivity index (χ4n) is 3.17. The summed E-state index contributed by atoms with van der Waals surface area (Å²) < 4.78 is 48.7. The number of aromatic nitrogens is 2. The number of benzene rings is 1. The lowest BCUT2D eigenvalue weighted by Gasteiger charge is -2.30. The van der Waals surface area contributed by atoms with Crippen LogP contribution in [-0.2, 0) is 24.4 Å². The highest BCUT2D eigenvalue weighted by molar-refractivity contribution is 6.09. The quantitative estimate of drug-likeness (QED) is 0.750. The van der Waals surface area contributed by atoms with E-state index in [2.05, 4.69) is 0 Å². The molecule has 1 aliphatic heterocycles. The summed E-state index contributed by atoms with van der Waals surface area (Å²) in [6.45, 7) is 0. The van der Waals surface area contributed by atoms with E-state index in [4.69, 9.17) is 4.74 Å². The topological polar surface area (TPSA) is 111 Å². The summed E-state index contributed by atoms with van der Waals surface area (Å²) in [6.07, 6.45) is -5.40. The number of carbonyl (C=O) groups is 2. The highest BCUT2D eigenvalue weighted by Gasteiger charge is 2.68. The maximum atomic E-state index is 14.2. The Hall–Kier alpha value is -3.57. The number of ether oxygens (including phenoxy) is 1. The standard InChI is InChI=1S/C17H15F3N4O5/c1-23-11-10(13(26)24(2)15(23)28)16(14(27)21-11,17(18,19)20)22-12(25)8-6-4-5-7-9(8)29-3/h4-7H,1-3H3,(H,21,27)(H,22,25)/t16-/m0/s1. The first-order valence-corrected chi connectivity index (χ1v) is 8.11. The summed E-state index contributed by atoms with van der Waals surface area (Å²) in [7, 11) is 3.28. The van der Waals surface area contributed by atoms with Crippen molar-refractivity contribution in [3.05, 3.63) is 56.2 Å². The molecule has 1 atom stereocenters. The number of nitrogens with zero attached hydrogens (tertiary/aromatic N) is 2. The number of alkyl halides is 3. The van der Waals surface area contributed by atoms with Gasteiger partial charge in [-0.25, -0.2) is 4.79 Å². The molecule has 2 N–H and O–H groups in total. The van der Waals surface area contributed by atoms with Gasteiger partial charge < -0.3 is 15.4 Å². The number of methoxy groups -OCH3 is 1. The van der Waals surface area contributed by atoms with Crippen LogP contribution in [0.1, 0.15) is 15.9 Å². The second-order valence-corrected chi connectivity index (χ2v) is 6.29. The van der Waals surface area contributed by atoms with Gasteiger partial charge in [0.2, 0.25) is 0 Å². The van der Waals surface area contributed by atoms with Crippen LogP contribution < -0.4 is 26.6 Å². The molecule has 3 rings (SSSR count). The average molecular weight is 412 g/mol. The van der Waals surface area contributed by atoms with Crippen LogP contribution in [0.25, 0.3) is 0 Å². The first kappa shape index (κ1) is 20.2. The smallest absolute Gasteiger partial charge is 0.425 e. The van der Waals surface area contributed by atoms with E-state index in [0.717, 1.165) is 14.1 Å². The van der Waals surface area contributed by atoms with Crippen LogP contribution in [0.5, 0.6) is 5.75 Å². The molecule has 29 heavy (non-hydrogen) atoms. The van der Waals surface area contributed by atoms with Gasteiger partial charge >= 0.3 is 11.9 Å². The van der Waals surface area contributed by atoms with Crippen molar-refractivity contribution in [1.82, 2.24) is 14.5 Å². The number of amides is 2. The Morgan fingerprint density at radius 2 is 1.76 bits per heavy atom. The second kappa shape index (κ2) is 6.50. The third-order valence-corrected chi connectivity index (χ3v) is 4.69. The van der Waals surface area contributed by atoms with Gasteiger partial charge in [-0.05, 0) is 12.1 Å². The molecule has 0 aliphatic carbocycles. The zero-order chi connectivity index (χ0) is 21.7. The number of anilines is 1. The highest BCUT2D eigenvalue weighted by atomic mass is 19.4. The molecular weight excluding hydrogens is 397 g/mol. The van der Waals surface area contributed by atoms with Gasteiger partial charge in [0.1, 0.15) is 17.1 Å². The third-order valence-electron chi connectivity index (χ3n) is 4.69. The van der Waals surface area contributed by atoms with Gasteiger partial charge in [-0.3, -0.25) is 23.5 Å². The summed E-state index contributed by atoms with van der Waals surface area (Å²) in [6, 6.07) is 5.44. The summed E-state index contributed by atoms with van der Waals surface area (Å²) in [5, 5.41) is 3.56. The summed E-state index contributed by atoms with van der Waals surface area (Å²) in [5.41, 5.74) is -7.37. The van der Waals surface area contributed by atoms with Crippen molar-refractivity contribution in [2.45, 2.75) is 11.7 Å². The summed E-state index contributed by atoms with van der Waals surface area (Å²) in [5.74, 6) is -3.67. The normalized spacial score (nSPS) is 18.2. The number of carbonyl (C=O) groups excluding carboxylic acids is 2. The lowest BCUT2D eigenvalue weighted by atomic mass is 9.91. The van der Waals surface area contributed by atoms with E-state index in [1.165, 1.54) is 31.4 Å². The average Bonchev–Trinajstić information content (AvgIpc) is 2.98.